The molecular formula is C11H11FN4O2. The van der Waals surface area contributed by atoms with Crippen LogP contribution in [0.15, 0.2) is 30.5 Å². The maximum absolute atomic E-state index is 12.7. The molecule has 6 nitrogen and oxygen atoms in total. The monoisotopic (exact) mass is 250 g/mol. The van der Waals surface area contributed by atoms with E-state index in [1.54, 1.807) is 25.4 Å². The zero-order valence-electron chi connectivity index (χ0n) is 9.63. The smallest absolute Gasteiger partial charge is 0.381 e. The van der Waals surface area contributed by atoms with Crippen LogP contribution in [0.1, 0.15) is 5.56 Å². The third kappa shape index (κ3) is 2.62. The SMILES string of the molecule is Cn1cc(CNc2ccc(F)cc2)c([N+](=O)[O-])n1. The van der Waals surface area contributed by atoms with Gasteiger partial charge in [-0.2, -0.15) is 4.68 Å². The Morgan fingerprint density at radius 3 is 2.72 bits per heavy atom. The van der Waals surface area contributed by atoms with E-state index in [2.05, 4.69) is 10.4 Å². The number of hydrogen-bond acceptors (Lipinski definition) is 4. The van der Waals surface area contributed by atoms with Gasteiger partial charge in [0, 0.05) is 5.69 Å². The van der Waals surface area contributed by atoms with Crippen LogP contribution >= 0.6 is 0 Å². The second-order valence-electron chi connectivity index (χ2n) is 3.77. The number of benzene rings is 1. The molecule has 1 heterocycles. The van der Waals surface area contributed by atoms with Gasteiger partial charge in [-0.05, 0) is 29.2 Å². The van der Waals surface area contributed by atoms with Crippen molar-refractivity contribution in [1.29, 1.82) is 0 Å². The Morgan fingerprint density at radius 1 is 1.44 bits per heavy atom. The van der Waals surface area contributed by atoms with Crippen LogP contribution in [-0.2, 0) is 13.6 Å². The lowest BCUT2D eigenvalue weighted by Crippen LogP contribution is -2.01. The van der Waals surface area contributed by atoms with Gasteiger partial charge >= 0.3 is 5.82 Å². The highest BCUT2D eigenvalue weighted by Gasteiger charge is 2.18. The first kappa shape index (κ1) is 12.0. The van der Waals surface area contributed by atoms with E-state index < -0.39 is 4.92 Å². The van der Waals surface area contributed by atoms with E-state index in [4.69, 9.17) is 0 Å². The summed E-state index contributed by atoms with van der Waals surface area (Å²) in [6, 6.07) is 5.77. The molecule has 2 aromatic rings. The molecule has 1 N–H and O–H groups in total. The number of hydrogen-bond donors (Lipinski definition) is 1. The van der Waals surface area contributed by atoms with Gasteiger partial charge in [0.2, 0.25) is 0 Å². The number of nitro groups is 1. The molecule has 0 fully saturated rings. The first-order valence-electron chi connectivity index (χ1n) is 5.22. The quantitative estimate of drug-likeness (QED) is 0.666. The first-order chi connectivity index (χ1) is 8.56. The molecule has 2 rings (SSSR count). The average Bonchev–Trinajstić information content (AvgIpc) is 2.70. The Hall–Kier alpha value is -2.44. The minimum atomic E-state index is -0.526. The molecule has 0 amide bonds. The van der Waals surface area contributed by atoms with E-state index in [0.29, 0.717) is 11.3 Å². The van der Waals surface area contributed by atoms with Gasteiger partial charge in [0.05, 0.1) is 30.5 Å². The highest BCUT2D eigenvalue weighted by atomic mass is 19.1. The van der Waals surface area contributed by atoms with E-state index >= 15 is 0 Å². The van der Waals surface area contributed by atoms with Crippen molar-refractivity contribution in [3.8, 4) is 0 Å². The summed E-state index contributed by atoms with van der Waals surface area (Å²) in [5.41, 5.74) is 1.17. The molecule has 0 spiro atoms. The van der Waals surface area contributed by atoms with Crippen LogP contribution in [0.25, 0.3) is 0 Å². The van der Waals surface area contributed by atoms with Gasteiger partial charge in [0.25, 0.3) is 0 Å². The van der Waals surface area contributed by atoms with Crippen LogP contribution < -0.4 is 5.32 Å². The van der Waals surface area contributed by atoms with Gasteiger partial charge in [-0.1, -0.05) is 0 Å². The van der Waals surface area contributed by atoms with Crippen LogP contribution in [0.5, 0.6) is 0 Å². The van der Waals surface area contributed by atoms with E-state index in [1.807, 2.05) is 0 Å². The van der Waals surface area contributed by atoms with Crippen LogP contribution in [0.3, 0.4) is 0 Å². The summed E-state index contributed by atoms with van der Waals surface area (Å²) in [7, 11) is 1.62. The highest BCUT2D eigenvalue weighted by Crippen LogP contribution is 2.17. The lowest BCUT2D eigenvalue weighted by Gasteiger charge is -2.03. The van der Waals surface area contributed by atoms with Gasteiger partial charge in [0.15, 0.2) is 0 Å². The second kappa shape index (κ2) is 4.82. The molecule has 0 atom stereocenters. The summed E-state index contributed by atoms with van der Waals surface area (Å²) < 4.78 is 14.1. The standard InChI is InChI=1S/C11H11FN4O2/c1-15-7-8(11(14-15)16(17)18)6-13-10-4-2-9(12)3-5-10/h2-5,7,13H,6H2,1H3. The van der Waals surface area contributed by atoms with Crippen molar-refractivity contribution in [2.24, 2.45) is 7.05 Å². The normalized spacial score (nSPS) is 10.3. The maximum Gasteiger partial charge on any atom is 0.394 e. The molecule has 0 saturated heterocycles. The fraction of sp³-hybridized carbons (Fsp3) is 0.182. The van der Waals surface area contributed by atoms with Crippen molar-refractivity contribution in [1.82, 2.24) is 9.78 Å². The summed E-state index contributed by atoms with van der Waals surface area (Å²) in [5.74, 6) is -0.500. The van der Waals surface area contributed by atoms with Gasteiger partial charge < -0.3 is 15.4 Å². The number of nitrogens with one attached hydrogen (secondary N) is 1. The molecule has 0 unspecified atom stereocenters. The average molecular weight is 250 g/mol. The zero-order chi connectivity index (χ0) is 13.1. The molecular weight excluding hydrogens is 239 g/mol. The Balaban J connectivity index is 2.10. The summed E-state index contributed by atoms with van der Waals surface area (Å²) in [4.78, 5) is 10.2. The van der Waals surface area contributed by atoms with Gasteiger partial charge in [0.1, 0.15) is 5.82 Å². The first-order valence-corrected chi connectivity index (χ1v) is 5.22. The minimum Gasteiger partial charge on any atom is -0.381 e. The fourth-order valence-corrected chi connectivity index (χ4v) is 1.57. The van der Waals surface area contributed by atoms with Crippen molar-refractivity contribution in [3.63, 3.8) is 0 Å². The zero-order valence-corrected chi connectivity index (χ0v) is 9.63. The lowest BCUT2D eigenvalue weighted by atomic mass is 10.3. The number of nitrogens with zero attached hydrogens (tertiary/aromatic N) is 3. The van der Waals surface area contributed by atoms with Crippen LogP contribution in [0.4, 0.5) is 15.9 Å². The lowest BCUT2D eigenvalue weighted by molar-refractivity contribution is -0.390. The van der Waals surface area contributed by atoms with E-state index in [0.717, 1.165) is 0 Å². The van der Waals surface area contributed by atoms with Crippen molar-refractivity contribution in [2.45, 2.75) is 6.54 Å². The second-order valence-corrected chi connectivity index (χ2v) is 3.77. The number of rotatable bonds is 4. The molecule has 0 aliphatic rings. The molecule has 0 saturated carbocycles. The minimum absolute atomic E-state index is 0.174. The number of anilines is 1. The molecule has 0 aliphatic heterocycles. The maximum atomic E-state index is 12.7. The highest BCUT2D eigenvalue weighted by molar-refractivity contribution is 5.44. The third-order valence-electron chi connectivity index (χ3n) is 2.38. The van der Waals surface area contributed by atoms with Gasteiger partial charge in [-0.3, -0.25) is 0 Å². The molecule has 0 aliphatic carbocycles. The number of aryl methyl sites for hydroxylation is 1. The predicted molar refractivity (Wildman–Crippen MR) is 63.6 cm³/mol. The van der Waals surface area contributed by atoms with Crippen molar-refractivity contribution < 1.29 is 9.31 Å². The molecule has 7 heteroatoms. The molecule has 0 bridgehead atoms. The molecule has 1 aromatic carbocycles. The van der Waals surface area contributed by atoms with E-state index in [-0.39, 0.29) is 18.2 Å². The molecule has 18 heavy (non-hydrogen) atoms. The van der Waals surface area contributed by atoms with Crippen molar-refractivity contribution >= 4 is 11.5 Å². The van der Waals surface area contributed by atoms with Gasteiger partial charge in [-0.25, -0.2) is 4.39 Å². The van der Waals surface area contributed by atoms with Crippen molar-refractivity contribution in [3.05, 3.63) is 52.0 Å². The third-order valence-corrected chi connectivity index (χ3v) is 2.38. The number of halogens is 1. The molecule has 1 aromatic heterocycles. The molecule has 94 valence electrons. The van der Waals surface area contributed by atoms with Crippen LogP contribution in [0, 0.1) is 15.9 Å². The van der Waals surface area contributed by atoms with Crippen LogP contribution in [0.2, 0.25) is 0 Å². The Kier molecular flexibility index (Phi) is 3.22. The summed E-state index contributed by atoms with van der Waals surface area (Å²) in [5, 5.41) is 17.5. The van der Waals surface area contributed by atoms with Crippen LogP contribution in [-0.4, -0.2) is 14.7 Å². The summed E-state index contributed by atoms with van der Waals surface area (Å²) >= 11 is 0. The predicted octanol–water partition coefficient (Wildman–Crippen LogP) is 2.08. The van der Waals surface area contributed by atoms with Crippen molar-refractivity contribution in [2.75, 3.05) is 5.32 Å². The summed E-state index contributed by atoms with van der Waals surface area (Å²) in [6.07, 6.45) is 1.58. The topological polar surface area (TPSA) is 73.0 Å². The largest absolute Gasteiger partial charge is 0.394 e. The Bertz CT molecular complexity index is 565. The van der Waals surface area contributed by atoms with E-state index in [1.165, 1.54) is 16.8 Å². The Morgan fingerprint density at radius 2 is 2.11 bits per heavy atom. The van der Waals surface area contributed by atoms with E-state index in [9.17, 15) is 14.5 Å². The molecule has 0 radical (unpaired) electrons. The summed E-state index contributed by atoms with van der Waals surface area (Å²) in [6.45, 7) is 0.260. The van der Waals surface area contributed by atoms with Gasteiger partial charge in [-0.15, -0.1) is 0 Å². The number of aromatic nitrogens is 2. The Labute approximate surface area is 102 Å². The fourth-order valence-electron chi connectivity index (χ4n) is 1.57.